The average Bonchev–Trinajstić information content (AvgIpc) is 2.10. The number of hydrogen-bond donors (Lipinski definition) is 1. The van der Waals surface area contributed by atoms with E-state index in [0.717, 1.165) is 0 Å². The normalized spacial score (nSPS) is 9.00. The molecule has 4 heteroatoms. The summed E-state index contributed by atoms with van der Waals surface area (Å²) >= 11 is 5.47. The zero-order valence-corrected chi connectivity index (χ0v) is 7.94. The lowest BCUT2D eigenvalue weighted by Crippen LogP contribution is -2.08. The van der Waals surface area contributed by atoms with Crippen molar-refractivity contribution in [3.8, 4) is 11.8 Å². The number of benzene rings is 1. The molecular formula is C10H7ClFNO. The first kappa shape index (κ1) is 10.6. The van der Waals surface area contributed by atoms with Crippen molar-refractivity contribution in [3.05, 3.63) is 34.6 Å². The van der Waals surface area contributed by atoms with Crippen molar-refractivity contribution in [2.24, 2.45) is 5.73 Å². The zero-order chi connectivity index (χ0) is 10.6. The molecule has 0 aliphatic heterocycles. The van der Waals surface area contributed by atoms with Crippen molar-refractivity contribution in [2.45, 2.75) is 6.42 Å². The molecule has 0 aliphatic carbocycles. The van der Waals surface area contributed by atoms with Crippen LogP contribution in [0.4, 0.5) is 4.39 Å². The highest BCUT2D eigenvalue weighted by Crippen LogP contribution is 2.14. The Balaban J connectivity index is 2.81. The second-order valence-electron chi connectivity index (χ2n) is 2.57. The smallest absolute Gasteiger partial charge is 0.229 e. The number of carbonyl (C=O) groups is 1. The van der Waals surface area contributed by atoms with Gasteiger partial charge in [0.2, 0.25) is 5.91 Å². The van der Waals surface area contributed by atoms with Crippen molar-refractivity contribution in [1.82, 2.24) is 0 Å². The molecule has 14 heavy (non-hydrogen) atoms. The largest absolute Gasteiger partial charge is 0.369 e. The van der Waals surface area contributed by atoms with Crippen molar-refractivity contribution >= 4 is 17.5 Å². The Hall–Kier alpha value is -1.53. The van der Waals surface area contributed by atoms with Crippen LogP contribution in [0.5, 0.6) is 0 Å². The molecule has 2 nitrogen and oxygen atoms in total. The molecule has 0 saturated heterocycles. The van der Waals surface area contributed by atoms with Gasteiger partial charge in [0.15, 0.2) is 0 Å². The standard InChI is InChI=1S/C10H7ClFNO/c11-8-5-4-7(6-9(8)12)2-1-3-10(13)14/h4-6H,3H2,(H2,13,14). The predicted octanol–water partition coefficient (Wildman–Crippen LogP) is 1.71. The second-order valence-corrected chi connectivity index (χ2v) is 2.98. The van der Waals surface area contributed by atoms with Gasteiger partial charge in [-0.3, -0.25) is 4.79 Å². The molecule has 0 heterocycles. The van der Waals surface area contributed by atoms with Gasteiger partial charge in [0.1, 0.15) is 5.82 Å². The first-order valence-electron chi connectivity index (χ1n) is 3.82. The third-order valence-corrected chi connectivity index (χ3v) is 1.72. The fourth-order valence-corrected chi connectivity index (χ4v) is 0.925. The summed E-state index contributed by atoms with van der Waals surface area (Å²) in [4.78, 5) is 10.3. The Kier molecular flexibility index (Phi) is 3.49. The fraction of sp³-hybridized carbons (Fsp3) is 0.100. The molecule has 0 spiro atoms. The Morgan fingerprint density at radius 3 is 2.86 bits per heavy atom. The molecule has 0 unspecified atom stereocenters. The highest BCUT2D eigenvalue weighted by atomic mass is 35.5. The van der Waals surface area contributed by atoms with Gasteiger partial charge < -0.3 is 5.73 Å². The lowest BCUT2D eigenvalue weighted by Gasteiger charge is -1.93. The van der Waals surface area contributed by atoms with Crippen LogP contribution in [0.3, 0.4) is 0 Å². The summed E-state index contributed by atoms with van der Waals surface area (Å²) in [5.41, 5.74) is 5.34. The van der Waals surface area contributed by atoms with E-state index in [9.17, 15) is 9.18 Å². The van der Waals surface area contributed by atoms with Gasteiger partial charge in [-0.2, -0.15) is 0 Å². The van der Waals surface area contributed by atoms with Crippen LogP contribution in [0.1, 0.15) is 12.0 Å². The van der Waals surface area contributed by atoms with E-state index in [1.165, 1.54) is 12.1 Å². The Morgan fingerprint density at radius 1 is 1.57 bits per heavy atom. The summed E-state index contributed by atoms with van der Waals surface area (Å²) < 4.78 is 12.9. The van der Waals surface area contributed by atoms with Crippen LogP contribution in [0, 0.1) is 17.7 Å². The van der Waals surface area contributed by atoms with Gasteiger partial charge in [0.05, 0.1) is 11.4 Å². The number of nitrogens with two attached hydrogens (primary N) is 1. The Morgan fingerprint density at radius 2 is 2.29 bits per heavy atom. The van der Waals surface area contributed by atoms with Crippen LogP contribution in [0.2, 0.25) is 5.02 Å². The molecule has 0 atom stereocenters. The molecule has 0 bridgehead atoms. The third kappa shape index (κ3) is 3.08. The maximum atomic E-state index is 12.9. The summed E-state index contributed by atoms with van der Waals surface area (Å²) in [7, 11) is 0. The van der Waals surface area contributed by atoms with Crippen LogP contribution in [-0.2, 0) is 4.79 Å². The van der Waals surface area contributed by atoms with Crippen LogP contribution >= 0.6 is 11.6 Å². The first-order valence-corrected chi connectivity index (χ1v) is 4.19. The lowest BCUT2D eigenvalue weighted by molar-refractivity contribution is -0.117. The minimum atomic E-state index is -0.530. The molecule has 0 saturated carbocycles. The SMILES string of the molecule is NC(=O)CC#Cc1ccc(Cl)c(F)c1. The van der Waals surface area contributed by atoms with Gasteiger partial charge in [-0.1, -0.05) is 23.4 Å². The highest BCUT2D eigenvalue weighted by molar-refractivity contribution is 6.30. The zero-order valence-electron chi connectivity index (χ0n) is 7.18. The number of hydrogen-bond acceptors (Lipinski definition) is 1. The maximum Gasteiger partial charge on any atom is 0.229 e. The molecule has 1 rings (SSSR count). The Bertz CT molecular complexity index is 420. The molecular weight excluding hydrogens is 205 g/mol. The lowest BCUT2D eigenvalue weighted by atomic mass is 10.2. The summed E-state index contributed by atoms with van der Waals surface area (Å²) in [6.07, 6.45) is -0.0375. The van der Waals surface area contributed by atoms with E-state index in [1.54, 1.807) is 6.07 Å². The molecule has 1 aromatic rings. The summed E-state index contributed by atoms with van der Waals surface area (Å²) in [6.45, 7) is 0. The quantitative estimate of drug-likeness (QED) is 0.706. The number of halogens is 2. The van der Waals surface area contributed by atoms with Gasteiger partial charge in [-0.25, -0.2) is 4.39 Å². The summed E-state index contributed by atoms with van der Waals surface area (Å²) in [6, 6.07) is 4.18. The molecule has 72 valence electrons. The molecule has 0 fully saturated rings. The molecule has 2 N–H and O–H groups in total. The van der Waals surface area contributed by atoms with E-state index in [0.29, 0.717) is 5.56 Å². The van der Waals surface area contributed by atoms with E-state index >= 15 is 0 Å². The van der Waals surface area contributed by atoms with Crippen molar-refractivity contribution in [2.75, 3.05) is 0 Å². The van der Waals surface area contributed by atoms with E-state index in [-0.39, 0.29) is 11.4 Å². The van der Waals surface area contributed by atoms with Gasteiger partial charge >= 0.3 is 0 Å². The Labute approximate surface area is 85.9 Å². The van der Waals surface area contributed by atoms with Gasteiger partial charge in [0, 0.05) is 5.56 Å². The summed E-state index contributed by atoms with van der Waals surface area (Å²) in [5, 5.41) is 0.0467. The van der Waals surface area contributed by atoms with Crippen molar-refractivity contribution in [3.63, 3.8) is 0 Å². The molecule has 1 amide bonds. The monoisotopic (exact) mass is 211 g/mol. The van der Waals surface area contributed by atoms with Crippen molar-refractivity contribution in [1.29, 1.82) is 0 Å². The first-order chi connectivity index (χ1) is 6.59. The fourth-order valence-electron chi connectivity index (χ4n) is 0.807. The van der Waals surface area contributed by atoms with Gasteiger partial charge in [0.25, 0.3) is 0 Å². The minimum absolute atomic E-state index is 0.0375. The van der Waals surface area contributed by atoms with E-state index in [1.807, 2.05) is 0 Å². The number of amides is 1. The predicted molar refractivity (Wildman–Crippen MR) is 52.1 cm³/mol. The molecule has 0 radical (unpaired) electrons. The maximum absolute atomic E-state index is 12.9. The van der Waals surface area contributed by atoms with Gasteiger partial charge in [-0.15, -0.1) is 0 Å². The third-order valence-electron chi connectivity index (χ3n) is 1.41. The van der Waals surface area contributed by atoms with Crippen LogP contribution < -0.4 is 5.73 Å². The summed E-state index contributed by atoms with van der Waals surface area (Å²) in [5.74, 6) is 4.07. The topological polar surface area (TPSA) is 43.1 Å². The van der Waals surface area contributed by atoms with E-state index in [2.05, 4.69) is 11.8 Å². The van der Waals surface area contributed by atoms with Gasteiger partial charge in [-0.05, 0) is 18.2 Å². The highest BCUT2D eigenvalue weighted by Gasteiger charge is 1.98. The van der Waals surface area contributed by atoms with Crippen LogP contribution in [0.25, 0.3) is 0 Å². The number of primary amides is 1. The van der Waals surface area contributed by atoms with Crippen LogP contribution in [-0.4, -0.2) is 5.91 Å². The van der Waals surface area contributed by atoms with Crippen molar-refractivity contribution < 1.29 is 9.18 Å². The number of rotatable bonds is 1. The molecule has 0 aliphatic rings. The minimum Gasteiger partial charge on any atom is -0.369 e. The molecule has 0 aromatic heterocycles. The van der Waals surface area contributed by atoms with E-state index in [4.69, 9.17) is 17.3 Å². The van der Waals surface area contributed by atoms with E-state index < -0.39 is 11.7 Å². The van der Waals surface area contributed by atoms with Crippen LogP contribution in [0.15, 0.2) is 18.2 Å². The molecule has 1 aromatic carbocycles. The second kappa shape index (κ2) is 4.64. The average molecular weight is 212 g/mol. The number of carbonyl (C=O) groups excluding carboxylic acids is 1.